The lowest BCUT2D eigenvalue weighted by Gasteiger charge is -2.14. The van der Waals surface area contributed by atoms with Crippen molar-refractivity contribution < 1.29 is 14.7 Å². The Morgan fingerprint density at radius 1 is 1.38 bits per heavy atom. The molecular weight excluding hydrogens is 268 g/mol. The number of aryl methyl sites for hydroxylation is 1. The molecule has 0 saturated heterocycles. The maximum absolute atomic E-state index is 12.0. The summed E-state index contributed by atoms with van der Waals surface area (Å²) in [5, 5.41) is 11.5. The monoisotopic (exact) mass is 290 g/mol. The topological polar surface area (TPSA) is 92.4 Å². The average molecular weight is 290 g/mol. The first-order valence-electron chi connectivity index (χ1n) is 7.46. The Labute approximate surface area is 124 Å². The fourth-order valence-electron chi connectivity index (χ4n) is 2.64. The van der Waals surface area contributed by atoms with Crippen molar-refractivity contribution in [2.75, 3.05) is 6.54 Å². The molecule has 0 saturated carbocycles. The number of nitrogens with two attached hydrogens (primary N) is 1. The number of aliphatic carboxylic acids is 1. The van der Waals surface area contributed by atoms with E-state index in [9.17, 15) is 9.59 Å². The summed E-state index contributed by atoms with van der Waals surface area (Å²) in [4.78, 5) is 22.5. The number of nitrogens with one attached hydrogen (secondary N) is 1. The highest BCUT2D eigenvalue weighted by atomic mass is 16.4. The minimum Gasteiger partial charge on any atom is -0.481 e. The van der Waals surface area contributed by atoms with E-state index in [4.69, 9.17) is 10.8 Å². The zero-order valence-corrected chi connectivity index (χ0v) is 12.1. The van der Waals surface area contributed by atoms with Gasteiger partial charge in [-0.05, 0) is 42.9 Å². The van der Waals surface area contributed by atoms with Gasteiger partial charge in [-0.25, -0.2) is 0 Å². The summed E-state index contributed by atoms with van der Waals surface area (Å²) in [7, 11) is 0. The van der Waals surface area contributed by atoms with Gasteiger partial charge in [-0.3, -0.25) is 9.59 Å². The fraction of sp³-hybridized carbons (Fsp3) is 0.500. The molecule has 0 aromatic heterocycles. The average Bonchev–Trinajstić information content (AvgIpc) is 2.65. The zero-order chi connectivity index (χ0) is 15.2. The van der Waals surface area contributed by atoms with Gasteiger partial charge in [0.2, 0.25) is 0 Å². The molecule has 5 heteroatoms. The van der Waals surface area contributed by atoms with Gasteiger partial charge in [0.25, 0.3) is 5.91 Å². The molecule has 2 rings (SSSR count). The molecule has 1 amide bonds. The van der Waals surface area contributed by atoms with Crippen molar-refractivity contribution in [2.45, 2.75) is 44.6 Å². The number of carboxylic acids is 1. The third-order valence-electron chi connectivity index (χ3n) is 3.87. The number of hydrogen-bond acceptors (Lipinski definition) is 3. The third kappa shape index (κ3) is 4.29. The summed E-state index contributed by atoms with van der Waals surface area (Å²) in [5.74, 6) is -0.798. The van der Waals surface area contributed by atoms with Crippen molar-refractivity contribution in [3.8, 4) is 0 Å². The number of benzene rings is 1. The number of carboxylic acid groups (broad SMARTS) is 1. The summed E-state index contributed by atoms with van der Waals surface area (Å²) in [6.07, 6.45) is 4.18. The molecule has 0 radical (unpaired) electrons. The third-order valence-corrected chi connectivity index (χ3v) is 3.87. The first-order chi connectivity index (χ1) is 10.1. The molecule has 21 heavy (non-hydrogen) atoms. The van der Waals surface area contributed by atoms with Gasteiger partial charge in [0.15, 0.2) is 0 Å². The number of fused-ring (bicyclic) bond motifs is 1. The summed E-state index contributed by atoms with van der Waals surface area (Å²) in [5.41, 5.74) is 8.90. The van der Waals surface area contributed by atoms with E-state index in [1.807, 2.05) is 18.2 Å². The molecule has 4 N–H and O–H groups in total. The van der Waals surface area contributed by atoms with Crippen LogP contribution in [0.4, 0.5) is 0 Å². The highest BCUT2D eigenvalue weighted by Crippen LogP contribution is 2.22. The van der Waals surface area contributed by atoms with E-state index < -0.39 is 5.97 Å². The van der Waals surface area contributed by atoms with Crippen LogP contribution in [0, 0.1) is 0 Å². The predicted molar refractivity (Wildman–Crippen MR) is 80.1 cm³/mol. The van der Waals surface area contributed by atoms with Crippen LogP contribution >= 0.6 is 0 Å². The Morgan fingerprint density at radius 3 is 2.95 bits per heavy atom. The van der Waals surface area contributed by atoms with Crippen molar-refractivity contribution in [2.24, 2.45) is 5.73 Å². The van der Waals surface area contributed by atoms with Crippen LogP contribution in [0.15, 0.2) is 18.2 Å². The summed E-state index contributed by atoms with van der Waals surface area (Å²) < 4.78 is 0. The molecule has 1 heterocycles. The van der Waals surface area contributed by atoms with Crippen LogP contribution in [-0.4, -0.2) is 23.5 Å². The number of carbonyl (C=O) groups excluding carboxylic acids is 1. The molecule has 5 nitrogen and oxygen atoms in total. The van der Waals surface area contributed by atoms with Crippen molar-refractivity contribution in [3.05, 3.63) is 34.9 Å². The lowest BCUT2D eigenvalue weighted by Crippen LogP contribution is -2.23. The second-order valence-electron chi connectivity index (χ2n) is 5.52. The number of hydrogen-bond donors (Lipinski definition) is 3. The van der Waals surface area contributed by atoms with E-state index in [2.05, 4.69) is 5.32 Å². The van der Waals surface area contributed by atoms with Gasteiger partial charge in [-0.15, -0.1) is 0 Å². The Hall–Kier alpha value is -1.88. The lowest BCUT2D eigenvalue weighted by atomic mass is 9.95. The van der Waals surface area contributed by atoms with Crippen molar-refractivity contribution in [3.63, 3.8) is 0 Å². The second kappa shape index (κ2) is 7.22. The summed E-state index contributed by atoms with van der Waals surface area (Å²) in [6, 6.07) is 5.71. The van der Waals surface area contributed by atoms with Gasteiger partial charge in [-0.1, -0.05) is 18.6 Å². The van der Waals surface area contributed by atoms with Crippen LogP contribution in [0.3, 0.4) is 0 Å². The Morgan fingerprint density at radius 2 is 2.19 bits per heavy atom. The van der Waals surface area contributed by atoms with E-state index in [0.29, 0.717) is 13.0 Å². The van der Waals surface area contributed by atoms with Crippen LogP contribution < -0.4 is 11.1 Å². The number of amides is 1. The molecule has 0 fully saturated rings. The number of unbranched alkanes of at least 4 members (excludes halogenated alkanes) is 1. The highest BCUT2D eigenvalue weighted by molar-refractivity contribution is 5.96. The largest absolute Gasteiger partial charge is 0.481 e. The second-order valence-corrected chi connectivity index (χ2v) is 5.52. The molecule has 1 aromatic rings. The van der Waals surface area contributed by atoms with Gasteiger partial charge in [0, 0.05) is 24.6 Å². The number of rotatable bonds is 6. The van der Waals surface area contributed by atoms with Gasteiger partial charge >= 0.3 is 5.97 Å². The Kier molecular flexibility index (Phi) is 5.33. The van der Waals surface area contributed by atoms with E-state index in [1.54, 1.807) is 0 Å². The molecule has 1 aliphatic heterocycles. The molecular formula is C16H22N2O3. The highest BCUT2D eigenvalue weighted by Gasteiger charge is 2.17. The minimum atomic E-state index is -0.773. The molecule has 0 aliphatic carbocycles. The molecule has 0 spiro atoms. The van der Waals surface area contributed by atoms with Crippen LogP contribution in [-0.2, 0) is 11.2 Å². The van der Waals surface area contributed by atoms with E-state index >= 15 is 0 Å². The maximum atomic E-state index is 12.0. The minimum absolute atomic E-state index is 0.0255. The molecule has 1 aromatic carbocycles. The van der Waals surface area contributed by atoms with Crippen molar-refractivity contribution >= 4 is 11.9 Å². The first kappa shape index (κ1) is 15.5. The number of carbonyl (C=O) groups is 2. The van der Waals surface area contributed by atoms with Crippen molar-refractivity contribution in [1.29, 1.82) is 0 Å². The predicted octanol–water partition coefficient (Wildman–Crippen LogP) is 2.01. The van der Waals surface area contributed by atoms with Crippen LogP contribution in [0.1, 0.15) is 59.6 Å². The zero-order valence-electron chi connectivity index (χ0n) is 12.1. The van der Waals surface area contributed by atoms with Gasteiger partial charge in [-0.2, -0.15) is 0 Å². The molecule has 1 atom stereocenters. The Balaban J connectivity index is 2.00. The fourth-order valence-corrected chi connectivity index (χ4v) is 2.64. The lowest BCUT2D eigenvalue weighted by molar-refractivity contribution is -0.137. The van der Waals surface area contributed by atoms with Gasteiger partial charge in [0.05, 0.1) is 0 Å². The standard InChI is InChI=1S/C16H22N2O3/c17-14(5-1-2-6-15(19)20)12-8-7-11-4-3-9-18-16(21)13(11)10-12/h7-8,10,14H,1-6,9,17H2,(H,18,21)(H,19,20). The molecule has 0 bridgehead atoms. The first-order valence-corrected chi connectivity index (χ1v) is 7.46. The van der Waals surface area contributed by atoms with Crippen LogP contribution in [0.2, 0.25) is 0 Å². The summed E-state index contributed by atoms with van der Waals surface area (Å²) in [6.45, 7) is 0.712. The van der Waals surface area contributed by atoms with Crippen molar-refractivity contribution in [1.82, 2.24) is 5.32 Å². The van der Waals surface area contributed by atoms with E-state index in [-0.39, 0.29) is 18.4 Å². The van der Waals surface area contributed by atoms with Crippen LogP contribution in [0.25, 0.3) is 0 Å². The molecule has 1 unspecified atom stereocenters. The Bertz CT molecular complexity index is 528. The van der Waals surface area contributed by atoms with Gasteiger partial charge in [0.1, 0.15) is 0 Å². The van der Waals surface area contributed by atoms with Gasteiger partial charge < -0.3 is 16.2 Å². The smallest absolute Gasteiger partial charge is 0.303 e. The molecule has 114 valence electrons. The SMILES string of the molecule is NC(CCCCC(=O)O)c1ccc2c(c1)C(=O)NCCC2. The van der Waals surface area contributed by atoms with Crippen LogP contribution in [0.5, 0.6) is 0 Å². The quantitative estimate of drug-likeness (QED) is 0.699. The maximum Gasteiger partial charge on any atom is 0.303 e. The van der Waals surface area contributed by atoms with E-state index in [0.717, 1.165) is 42.4 Å². The molecule has 1 aliphatic rings. The normalized spacial score (nSPS) is 15.8. The van der Waals surface area contributed by atoms with E-state index in [1.165, 1.54) is 0 Å². The summed E-state index contributed by atoms with van der Waals surface area (Å²) >= 11 is 0.